The fourth-order valence-corrected chi connectivity index (χ4v) is 5.63. The molecule has 4 aromatic rings. The highest BCUT2D eigenvalue weighted by molar-refractivity contribution is 7.16. The van der Waals surface area contributed by atoms with E-state index in [1.54, 1.807) is 36.0 Å². The first kappa shape index (κ1) is 22.3. The molecule has 0 saturated heterocycles. The van der Waals surface area contributed by atoms with Crippen molar-refractivity contribution in [2.75, 3.05) is 5.32 Å². The summed E-state index contributed by atoms with van der Waals surface area (Å²) >= 11 is 2.89. The Balaban J connectivity index is 1.20. The lowest BCUT2D eigenvalue weighted by atomic mass is 9.99. The number of fused-ring (bicyclic) bond motifs is 1. The second-order valence-corrected chi connectivity index (χ2v) is 9.94. The molecule has 2 amide bonds. The van der Waals surface area contributed by atoms with E-state index in [4.69, 9.17) is 5.73 Å². The number of nitrogens with zero attached hydrogens (tertiary/aromatic N) is 3. The van der Waals surface area contributed by atoms with Gasteiger partial charge in [0.25, 0.3) is 11.8 Å². The maximum absolute atomic E-state index is 12.8. The molecule has 0 spiro atoms. The van der Waals surface area contributed by atoms with Crippen LogP contribution in [0.25, 0.3) is 10.6 Å². The van der Waals surface area contributed by atoms with Gasteiger partial charge >= 0.3 is 0 Å². The van der Waals surface area contributed by atoms with Gasteiger partial charge in [0.15, 0.2) is 5.13 Å². The van der Waals surface area contributed by atoms with Crippen molar-refractivity contribution in [3.8, 4) is 10.6 Å². The van der Waals surface area contributed by atoms with Gasteiger partial charge in [0.05, 0.1) is 5.69 Å². The van der Waals surface area contributed by atoms with E-state index in [-0.39, 0.29) is 24.4 Å². The average molecular weight is 491 g/mol. The highest BCUT2D eigenvalue weighted by Crippen LogP contribution is 2.29. The summed E-state index contributed by atoms with van der Waals surface area (Å²) in [7, 11) is 0. The van der Waals surface area contributed by atoms with Crippen molar-refractivity contribution in [2.24, 2.45) is 5.73 Å². The largest absolute Gasteiger partial charge is 0.347 e. The molecular weight excluding hydrogens is 468 g/mol. The molecule has 0 radical (unpaired) electrons. The van der Waals surface area contributed by atoms with Crippen LogP contribution in [0.5, 0.6) is 0 Å². The average Bonchev–Trinajstić information content (AvgIpc) is 3.50. The van der Waals surface area contributed by atoms with Gasteiger partial charge in [0, 0.05) is 46.4 Å². The third kappa shape index (κ3) is 5.04. The van der Waals surface area contributed by atoms with Gasteiger partial charge < -0.3 is 11.1 Å². The predicted molar refractivity (Wildman–Crippen MR) is 133 cm³/mol. The molecule has 5 rings (SSSR count). The van der Waals surface area contributed by atoms with E-state index in [0.717, 1.165) is 46.0 Å². The molecule has 172 valence electrons. The first-order chi connectivity index (χ1) is 16.5. The van der Waals surface area contributed by atoms with Gasteiger partial charge in [0.2, 0.25) is 0 Å². The Kier molecular flexibility index (Phi) is 6.43. The summed E-state index contributed by atoms with van der Waals surface area (Å²) in [6.07, 6.45) is 5.96. The molecule has 1 aliphatic carbocycles. The van der Waals surface area contributed by atoms with Crippen LogP contribution in [0.3, 0.4) is 0 Å². The molecule has 0 unspecified atom stereocenters. The van der Waals surface area contributed by atoms with Crippen molar-refractivity contribution in [1.82, 2.24) is 20.3 Å². The summed E-state index contributed by atoms with van der Waals surface area (Å²) in [5.41, 5.74) is 9.67. The Morgan fingerprint density at radius 1 is 1.12 bits per heavy atom. The van der Waals surface area contributed by atoms with Gasteiger partial charge in [-0.05, 0) is 49.1 Å². The van der Waals surface area contributed by atoms with Crippen LogP contribution in [0.15, 0.2) is 54.2 Å². The highest BCUT2D eigenvalue weighted by Gasteiger charge is 2.21. The number of amides is 2. The quantitative estimate of drug-likeness (QED) is 0.379. The normalized spacial score (nSPS) is 14.9. The van der Waals surface area contributed by atoms with Gasteiger partial charge in [-0.1, -0.05) is 12.1 Å². The third-order valence-corrected chi connectivity index (χ3v) is 7.43. The first-order valence-electron chi connectivity index (χ1n) is 10.8. The van der Waals surface area contributed by atoms with E-state index in [1.807, 2.05) is 18.2 Å². The monoisotopic (exact) mass is 490 g/mol. The number of nitrogens with one attached hydrogen (secondary N) is 2. The Morgan fingerprint density at radius 2 is 1.97 bits per heavy atom. The molecule has 8 nitrogen and oxygen atoms in total. The maximum Gasteiger partial charge on any atom is 0.271 e. The number of benzene rings is 1. The Bertz CT molecular complexity index is 1330. The van der Waals surface area contributed by atoms with Crippen LogP contribution in [0, 0.1) is 0 Å². The number of carbonyl (C=O) groups is 2. The van der Waals surface area contributed by atoms with E-state index in [9.17, 15) is 9.59 Å². The molecule has 3 heterocycles. The lowest BCUT2D eigenvalue weighted by molar-refractivity contribution is 0.0946. The van der Waals surface area contributed by atoms with E-state index in [1.165, 1.54) is 22.7 Å². The molecule has 0 saturated carbocycles. The van der Waals surface area contributed by atoms with Crippen molar-refractivity contribution in [3.05, 3.63) is 81.6 Å². The Labute approximate surface area is 204 Å². The predicted octanol–water partition coefficient (Wildman–Crippen LogP) is 3.66. The van der Waals surface area contributed by atoms with E-state index in [2.05, 4.69) is 25.6 Å². The summed E-state index contributed by atoms with van der Waals surface area (Å²) in [5.74, 6) is -0.497. The summed E-state index contributed by atoms with van der Waals surface area (Å²) < 4.78 is 0. The van der Waals surface area contributed by atoms with Crippen molar-refractivity contribution >= 4 is 39.6 Å². The number of aromatic nitrogens is 3. The van der Waals surface area contributed by atoms with Crippen LogP contribution in [0.2, 0.25) is 0 Å². The molecule has 0 bridgehead atoms. The highest BCUT2D eigenvalue weighted by atomic mass is 32.1. The smallest absolute Gasteiger partial charge is 0.271 e. The Hall–Kier alpha value is -3.47. The van der Waals surface area contributed by atoms with Crippen LogP contribution in [-0.2, 0) is 19.4 Å². The van der Waals surface area contributed by atoms with Crippen molar-refractivity contribution in [2.45, 2.75) is 31.8 Å². The van der Waals surface area contributed by atoms with Gasteiger partial charge in [-0.3, -0.25) is 19.9 Å². The number of thiazole rings is 2. The second kappa shape index (κ2) is 9.80. The van der Waals surface area contributed by atoms with Crippen LogP contribution >= 0.6 is 22.7 Å². The number of anilines is 1. The fourth-order valence-electron chi connectivity index (χ4n) is 3.72. The van der Waals surface area contributed by atoms with Gasteiger partial charge in [0.1, 0.15) is 10.7 Å². The fraction of sp³-hybridized carbons (Fsp3) is 0.208. The van der Waals surface area contributed by atoms with Gasteiger partial charge in [-0.15, -0.1) is 22.7 Å². The minimum Gasteiger partial charge on any atom is -0.347 e. The van der Waals surface area contributed by atoms with E-state index >= 15 is 0 Å². The first-order valence-corrected chi connectivity index (χ1v) is 12.5. The van der Waals surface area contributed by atoms with Crippen LogP contribution < -0.4 is 16.4 Å². The zero-order valence-corrected chi connectivity index (χ0v) is 19.8. The number of pyridine rings is 1. The maximum atomic E-state index is 12.8. The standard InChI is InChI=1S/C24H22N6O2S2/c25-17-4-5-18-20(11-17)34-24(29-18)30-21(31)16-3-1-2-14(10-16)12-27-22(32)19-13-33-23(28-19)15-6-8-26-9-7-15/h1-3,6-10,13,17H,4-5,11-12,25H2,(H,27,32)(H,29,30,31)/t17-/m1/s1. The lowest BCUT2D eigenvalue weighted by Crippen LogP contribution is -2.27. The number of hydrogen-bond donors (Lipinski definition) is 3. The summed E-state index contributed by atoms with van der Waals surface area (Å²) in [4.78, 5) is 39.5. The van der Waals surface area contributed by atoms with Crippen molar-refractivity contribution < 1.29 is 9.59 Å². The molecule has 0 aliphatic heterocycles. The number of hydrogen-bond acceptors (Lipinski definition) is 8. The zero-order valence-electron chi connectivity index (χ0n) is 18.2. The van der Waals surface area contributed by atoms with E-state index < -0.39 is 0 Å². The Morgan fingerprint density at radius 3 is 2.82 bits per heavy atom. The number of aryl methyl sites for hydroxylation is 1. The lowest BCUT2D eigenvalue weighted by Gasteiger charge is -2.15. The summed E-state index contributed by atoms with van der Waals surface area (Å²) in [5, 5.41) is 8.85. The summed E-state index contributed by atoms with van der Waals surface area (Å²) in [6, 6.07) is 11.0. The minimum absolute atomic E-state index is 0.162. The molecular formula is C24H22N6O2S2. The van der Waals surface area contributed by atoms with Gasteiger partial charge in [-0.2, -0.15) is 0 Å². The molecule has 0 fully saturated rings. The molecule has 3 aromatic heterocycles. The molecule has 1 aromatic carbocycles. The third-order valence-electron chi connectivity index (χ3n) is 5.50. The van der Waals surface area contributed by atoms with Gasteiger partial charge in [-0.25, -0.2) is 9.97 Å². The molecule has 10 heteroatoms. The van der Waals surface area contributed by atoms with Crippen molar-refractivity contribution in [3.63, 3.8) is 0 Å². The second-order valence-electron chi connectivity index (χ2n) is 8.00. The molecule has 1 atom stereocenters. The molecule has 4 N–H and O–H groups in total. The van der Waals surface area contributed by atoms with E-state index in [0.29, 0.717) is 16.4 Å². The molecule has 34 heavy (non-hydrogen) atoms. The topological polar surface area (TPSA) is 123 Å². The van der Waals surface area contributed by atoms with Crippen LogP contribution in [-0.4, -0.2) is 32.8 Å². The minimum atomic E-state index is -0.266. The SMILES string of the molecule is N[C@@H]1CCc2nc(NC(=O)c3cccc(CNC(=O)c4csc(-c5ccncc5)n4)c3)sc2C1. The number of carbonyl (C=O) groups excluding carboxylic acids is 2. The zero-order chi connectivity index (χ0) is 23.5. The van der Waals surface area contributed by atoms with Crippen LogP contribution in [0.4, 0.5) is 5.13 Å². The van der Waals surface area contributed by atoms with Crippen LogP contribution in [0.1, 0.15) is 43.4 Å². The van der Waals surface area contributed by atoms with Crippen molar-refractivity contribution in [1.29, 1.82) is 0 Å². The number of rotatable bonds is 6. The molecule has 1 aliphatic rings. The summed E-state index contributed by atoms with van der Waals surface area (Å²) in [6.45, 7) is 0.283. The number of nitrogens with two attached hydrogens (primary N) is 1.